The van der Waals surface area contributed by atoms with Crippen LogP contribution in [-0.4, -0.2) is 30.5 Å². The second-order valence-corrected chi connectivity index (χ2v) is 8.18. The van der Waals surface area contributed by atoms with Gasteiger partial charge < -0.3 is 5.32 Å². The minimum Gasteiger partial charge on any atom is -0.306 e. The van der Waals surface area contributed by atoms with Crippen LogP contribution in [0.25, 0.3) is 11.0 Å². The number of aryl methyl sites for hydroxylation is 2. The lowest BCUT2D eigenvalue weighted by Gasteiger charge is -2.07. The molecule has 1 aromatic carbocycles. The number of anilines is 1. The largest absolute Gasteiger partial charge is 0.306 e. The van der Waals surface area contributed by atoms with Gasteiger partial charge in [0.05, 0.1) is 17.6 Å². The van der Waals surface area contributed by atoms with Crippen molar-refractivity contribution in [1.29, 1.82) is 0 Å². The van der Waals surface area contributed by atoms with Gasteiger partial charge in [0.1, 0.15) is 17.4 Å². The summed E-state index contributed by atoms with van der Waals surface area (Å²) in [5, 5.41) is 11.5. The van der Waals surface area contributed by atoms with Crippen molar-refractivity contribution in [2.45, 2.75) is 33.4 Å². The molecule has 0 spiro atoms. The summed E-state index contributed by atoms with van der Waals surface area (Å²) in [4.78, 5) is 16.9. The monoisotopic (exact) mass is 496 g/mol. The Bertz CT molecular complexity index is 1350. The van der Waals surface area contributed by atoms with Crippen LogP contribution >= 0.6 is 23.2 Å². The van der Waals surface area contributed by atoms with Crippen LogP contribution in [0.5, 0.6) is 0 Å². The Kier molecular flexibility index (Phi) is 6.31. The minimum atomic E-state index is -2.70. The van der Waals surface area contributed by atoms with Crippen LogP contribution in [0.4, 0.5) is 19.0 Å². The highest BCUT2D eigenvalue weighted by molar-refractivity contribution is 6.33. The number of amides is 1. The van der Waals surface area contributed by atoms with Gasteiger partial charge in [-0.25, -0.2) is 22.8 Å². The van der Waals surface area contributed by atoms with Gasteiger partial charge in [0.2, 0.25) is 5.91 Å². The zero-order valence-electron chi connectivity index (χ0n) is 17.4. The van der Waals surface area contributed by atoms with Crippen LogP contribution in [0.15, 0.2) is 30.5 Å². The highest BCUT2D eigenvalue weighted by Crippen LogP contribution is 2.30. The second kappa shape index (κ2) is 9.03. The van der Waals surface area contributed by atoms with E-state index in [4.69, 9.17) is 23.2 Å². The summed E-state index contributed by atoms with van der Waals surface area (Å²) in [6, 6.07) is 5.63. The number of benzene rings is 1. The van der Waals surface area contributed by atoms with E-state index in [-0.39, 0.29) is 51.1 Å². The summed E-state index contributed by atoms with van der Waals surface area (Å²) in [6.45, 7) is 2.87. The molecular formula is C21H17Cl2F3N6O. The Balaban J connectivity index is 1.55. The van der Waals surface area contributed by atoms with E-state index in [1.54, 1.807) is 19.9 Å². The molecule has 1 N–H and O–H groups in total. The molecule has 4 rings (SSSR count). The third kappa shape index (κ3) is 4.67. The maximum absolute atomic E-state index is 14.0. The van der Waals surface area contributed by atoms with Crippen molar-refractivity contribution in [3.8, 4) is 0 Å². The Morgan fingerprint density at radius 1 is 1.18 bits per heavy atom. The fourth-order valence-corrected chi connectivity index (χ4v) is 3.94. The number of hydrogen-bond donors (Lipinski definition) is 1. The number of carbonyl (C=O) groups excluding carboxylic acids is 1. The predicted octanol–water partition coefficient (Wildman–Crippen LogP) is 5.32. The van der Waals surface area contributed by atoms with Crippen LogP contribution in [0.3, 0.4) is 0 Å². The van der Waals surface area contributed by atoms with Crippen molar-refractivity contribution in [2.75, 3.05) is 5.32 Å². The average molecular weight is 497 g/mol. The van der Waals surface area contributed by atoms with Gasteiger partial charge in [0.15, 0.2) is 11.5 Å². The molecule has 0 fully saturated rings. The maximum atomic E-state index is 14.0. The number of fused-ring (bicyclic) bond motifs is 1. The predicted molar refractivity (Wildman–Crippen MR) is 118 cm³/mol. The normalized spacial score (nSPS) is 11.5. The van der Waals surface area contributed by atoms with E-state index in [1.165, 1.54) is 33.8 Å². The molecule has 3 heterocycles. The van der Waals surface area contributed by atoms with Crippen molar-refractivity contribution in [2.24, 2.45) is 0 Å². The molecule has 4 aromatic rings. The molecular weight excluding hydrogens is 480 g/mol. The van der Waals surface area contributed by atoms with Gasteiger partial charge in [-0.15, -0.1) is 0 Å². The molecule has 0 aliphatic heterocycles. The number of alkyl halides is 2. The maximum Gasteiger partial charge on any atom is 0.264 e. The van der Waals surface area contributed by atoms with E-state index in [0.29, 0.717) is 11.4 Å². The first-order valence-electron chi connectivity index (χ1n) is 9.72. The third-order valence-corrected chi connectivity index (χ3v) is 5.55. The molecule has 0 aliphatic rings. The number of nitrogens with zero attached hydrogens (tertiary/aromatic N) is 5. The van der Waals surface area contributed by atoms with Gasteiger partial charge in [-0.3, -0.25) is 9.48 Å². The molecule has 0 unspecified atom stereocenters. The van der Waals surface area contributed by atoms with Crippen LogP contribution in [0.1, 0.15) is 28.9 Å². The highest BCUT2D eigenvalue weighted by Gasteiger charge is 2.21. The molecule has 7 nitrogen and oxygen atoms in total. The topological polar surface area (TPSA) is 77.6 Å². The molecule has 12 heteroatoms. The summed E-state index contributed by atoms with van der Waals surface area (Å²) in [7, 11) is 0. The van der Waals surface area contributed by atoms with Gasteiger partial charge in [-0.05, 0) is 32.0 Å². The van der Waals surface area contributed by atoms with Crippen LogP contribution < -0.4 is 5.32 Å². The zero-order valence-corrected chi connectivity index (χ0v) is 18.9. The zero-order chi connectivity index (χ0) is 23.9. The lowest BCUT2D eigenvalue weighted by Crippen LogP contribution is -2.20. The number of halogens is 5. The van der Waals surface area contributed by atoms with Crippen LogP contribution in [-0.2, 0) is 17.9 Å². The molecule has 172 valence electrons. The second-order valence-electron chi connectivity index (χ2n) is 7.37. The van der Waals surface area contributed by atoms with Crippen molar-refractivity contribution in [3.05, 3.63) is 68.8 Å². The fraction of sp³-hybridized carbons (Fsp3) is 0.238. The molecule has 0 saturated carbocycles. The molecule has 33 heavy (non-hydrogen) atoms. The lowest BCUT2D eigenvalue weighted by atomic mass is 10.1. The summed E-state index contributed by atoms with van der Waals surface area (Å²) in [6.07, 6.45) is -1.28. The van der Waals surface area contributed by atoms with E-state index in [0.717, 1.165) is 0 Å². The molecule has 1 amide bonds. The first-order chi connectivity index (χ1) is 15.6. The summed E-state index contributed by atoms with van der Waals surface area (Å²) >= 11 is 12.2. The van der Waals surface area contributed by atoms with E-state index < -0.39 is 18.1 Å². The van der Waals surface area contributed by atoms with Gasteiger partial charge in [-0.2, -0.15) is 10.2 Å². The summed E-state index contributed by atoms with van der Waals surface area (Å²) in [5.74, 6) is -0.983. The fourth-order valence-electron chi connectivity index (χ4n) is 3.52. The summed E-state index contributed by atoms with van der Waals surface area (Å²) in [5.41, 5.74) is 0.947. The first-order valence-corrected chi connectivity index (χ1v) is 10.5. The quantitative estimate of drug-likeness (QED) is 0.392. The molecule has 3 aromatic heterocycles. The van der Waals surface area contributed by atoms with E-state index >= 15 is 0 Å². The highest BCUT2D eigenvalue weighted by atomic mass is 35.5. The van der Waals surface area contributed by atoms with E-state index in [9.17, 15) is 18.0 Å². The standard InChI is InChI=1S/C21H17Cl2F3N6O/c1-10-6-12(19(25)26)18-11(2)29-32(21(18)27-10)9-17(33)28-20-15(23)8-31(30-20)7-13-14(22)4-3-5-16(13)24/h3-6,8,19H,7,9H2,1-2H3,(H,28,30,33). The van der Waals surface area contributed by atoms with Crippen molar-refractivity contribution >= 4 is 46.0 Å². The lowest BCUT2D eigenvalue weighted by molar-refractivity contribution is -0.116. The summed E-state index contributed by atoms with van der Waals surface area (Å²) < 4.78 is 43.6. The van der Waals surface area contributed by atoms with Crippen molar-refractivity contribution < 1.29 is 18.0 Å². The van der Waals surface area contributed by atoms with Gasteiger partial charge in [0.25, 0.3) is 6.43 Å². The number of aromatic nitrogens is 5. The van der Waals surface area contributed by atoms with Gasteiger partial charge in [0, 0.05) is 28.0 Å². The third-order valence-electron chi connectivity index (χ3n) is 4.92. The van der Waals surface area contributed by atoms with E-state index in [2.05, 4.69) is 20.5 Å². The Hall–Kier alpha value is -3.11. The number of hydrogen-bond acceptors (Lipinski definition) is 4. The minimum absolute atomic E-state index is 0.00366. The van der Waals surface area contributed by atoms with E-state index in [1.807, 2.05) is 0 Å². The van der Waals surface area contributed by atoms with Gasteiger partial charge in [-0.1, -0.05) is 29.3 Å². The number of nitrogens with one attached hydrogen (secondary N) is 1. The molecule has 0 bridgehead atoms. The van der Waals surface area contributed by atoms with Crippen molar-refractivity contribution in [1.82, 2.24) is 24.5 Å². The number of carbonyl (C=O) groups is 1. The molecule has 0 atom stereocenters. The van der Waals surface area contributed by atoms with Crippen molar-refractivity contribution in [3.63, 3.8) is 0 Å². The van der Waals surface area contributed by atoms with Gasteiger partial charge >= 0.3 is 0 Å². The Morgan fingerprint density at radius 3 is 2.64 bits per heavy atom. The Labute approximate surface area is 196 Å². The molecule has 0 aliphatic carbocycles. The first kappa shape index (κ1) is 23.1. The van der Waals surface area contributed by atoms with Crippen LogP contribution in [0, 0.1) is 19.7 Å². The number of pyridine rings is 1. The smallest absolute Gasteiger partial charge is 0.264 e. The Morgan fingerprint density at radius 2 is 1.94 bits per heavy atom. The molecule has 0 saturated heterocycles. The number of rotatable bonds is 6. The average Bonchev–Trinajstić information content (AvgIpc) is 3.23. The molecule has 0 radical (unpaired) electrons. The SMILES string of the molecule is Cc1cc(C(F)F)c2c(C)nn(CC(=O)Nc3nn(Cc4c(F)cccc4Cl)cc3Cl)c2n1. The van der Waals surface area contributed by atoms with Crippen LogP contribution in [0.2, 0.25) is 10.0 Å².